The third-order valence-corrected chi connectivity index (χ3v) is 7.32. The predicted molar refractivity (Wildman–Crippen MR) is 102 cm³/mol. The van der Waals surface area contributed by atoms with Crippen molar-refractivity contribution in [3.63, 3.8) is 0 Å². The average molecular weight is 395 g/mol. The van der Waals surface area contributed by atoms with Gasteiger partial charge in [-0.3, -0.25) is 4.72 Å². The fraction of sp³-hybridized carbons (Fsp3) is 0.333. The van der Waals surface area contributed by atoms with Gasteiger partial charge in [-0.1, -0.05) is 12.1 Å². The molecular formula is C18H22N2O4S2. The van der Waals surface area contributed by atoms with Gasteiger partial charge in [0.15, 0.2) is 0 Å². The smallest absolute Gasteiger partial charge is 0.261 e. The molecule has 0 saturated carbocycles. The molecule has 0 aromatic heterocycles. The molecule has 1 heterocycles. The lowest BCUT2D eigenvalue weighted by atomic mass is 10.0. The Kier molecular flexibility index (Phi) is 4.85. The van der Waals surface area contributed by atoms with E-state index in [4.69, 9.17) is 0 Å². The summed E-state index contributed by atoms with van der Waals surface area (Å²) in [5, 5.41) is 0. The number of nitrogens with one attached hydrogen (secondary N) is 1. The van der Waals surface area contributed by atoms with E-state index >= 15 is 0 Å². The van der Waals surface area contributed by atoms with Gasteiger partial charge in [-0.25, -0.2) is 16.8 Å². The zero-order valence-electron chi connectivity index (χ0n) is 15.0. The molecule has 1 aliphatic rings. The van der Waals surface area contributed by atoms with Crippen LogP contribution in [-0.2, 0) is 33.0 Å². The molecule has 2 aromatic rings. The molecule has 26 heavy (non-hydrogen) atoms. The number of aryl methyl sites for hydroxylation is 2. The van der Waals surface area contributed by atoms with Crippen molar-refractivity contribution in [1.29, 1.82) is 0 Å². The van der Waals surface area contributed by atoms with Gasteiger partial charge in [-0.2, -0.15) is 4.31 Å². The molecule has 0 fully saturated rings. The molecule has 3 rings (SSSR count). The minimum atomic E-state index is -3.70. The zero-order valence-corrected chi connectivity index (χ0v) is 16.6. The first-order chi connectivity index (χ1) is 12.1. The molecule has 0 amide bonds. The second kappa shape index (κ2) is 6.68. The minimum absolute atomic E-state index is 0.205. The van der Waals surface area contributed by atoms with Crippen LogP contribution in [0.1, 0.15) is 22.3 Å². The Morgan fingerprint density at radius 1 is 0.923 bits per heavy atom. The summed E-state index contributed by atoms with van der Waals surface area (Å²) in [6.45, 7) is 4.50. The standard InChI is InChI=1S/C18H22N2O4S2/c1-13-4-7-18(10-14(13)2)26(23,24)19-17-6-5-15-8-9-20(25(3,21)22)12-16(15)11-17/h4-7,10-11,19H,8-9,12H2,1-3H3. The SMILES string of the molecule is Cc1ccc(S(=O)(=O)Nc2ccc3c(c2)CN(S(C)(=O)=O)CC3)cc1C. The van der Waals surface area contributed by atoms with E-state index in [1.807, 2.05) is 19.9 Å². The van der Waals surface area contributed by atoms with E-state index in [2.05, 4.69) is 4.72 Å². The van der Waals surface area contributed by atoms with Crippen LogP contribution in [0.2, 0.25) is 0 Å². The summed E-state index contributed by atoms with van der Waals surface area (Å²) >= 11 is 0. The van der Waals surface area contributed by atoms with Crippen molar-refractivity contribution in [3.8, 4) is 0 Å². The van der Waals surface area contributed by atoms with E-state index in [0.29, 0.717) is 18.7 Å². The monoisotopic (exact) mass is 394 g/mol. The van der Waals surface area contributed by atoms with Gasteiger partial charge in [-0.05, 0) is 66.8 Å². The van der Waals surface area contributed by atoms with Crippen molar-refractivity contribution < 1.29 is 16.8 Å². The molecule has 1 aliphatic heterocycles. The minimum Gasteiger partial charge on any atom is -0.280 e. The number of hydrogen-bond acceptors (Lipinski definition) is 4. The van der Waals surface area contributed by atoms with Crippen LogP contribution in [-0.4, -0.2) is 33.9 Å². The molecule has 0 spiro atoms. The van der Waals surface area contributed by atoms with Crippen molar-refractivity contribution >= 4 is 25.7 Å². The lowest BCUT2D eigenvalue weighted by Crippen LogP contribution is -2.35. The van der Waals surface area contributed by atoms with Crippen molar-refractivity contribution in [1.82, 2.24) is 4.31 Å². The van der Waals surface area contributed by atoms with Gasteiger partial charge >= 0.3 is 0 Å². The Balaban J connectivity index is 1.88. The van der Waals surface area contributed by atoms with Crippen LogP contribution < -0.4 is 4.72 Å². The highest BCUT2D eigenvalue weighted by molar-refractivity contribution is 7.92. The molecule has 0 bridgehead atoms. The van der Waals surface area contributed by atoms with Gasteiger partial charge in [0, 0.05) is 18.8 Å². The molecular weight excluding hydrogens is 372 g/mol. The molecule has 6 nitrogen and oxygen atoms in total. The van der Waals surface area contributed by atoms with Gasteiger partial charge in [0.1, 0.15) is 0 Å². The summed E-state index contributed by atoms with van der Waals surface area (Å²) in [5.74, 6) is 0. The molecule has 140 valence electrons. The Labute approximate surface area is 155 Å². The van der Waals surface area contributed by atoms with Gasteiger partial charge < -0.3 is 0 Å². The number of nitrogens with zero attached hydrogens (tertiary/aromatic N) is 1. The molecule has 1 N–H and O–H groups in total. The summed E-state index contributed by atoms with van der Waals surface area (Å²) in [4.78, 5) is 0.205. The highest BCUT2D eigenvalue weighted by Crippen LogP contribution is 2.26. The summed E-state index contributed by atoms with van der Waals surface area (Å²) in [5.41, 5.74) is 4.22. The number of rotatable bonds is 4. The third-order valence-electron chi connectivity index (χ3n) is 4.69. The lowest BCUT2D eigenvalue weighted by Gasteiger charge is -2.27. The first-order valence-corrected chi connectivity index (χ1v) is 11.6. The van der Waals surface area contributed by atoms with Crippen LogP contribution in [0, 0.1) is 13.8 Å². The maximum atomic E-state index is 12.6. The second-order valence-corrected chi connectivity index (χ2v) is 10.3. The molecule has 2 aromatic carbocycles. The van der Waals surface area contributed by atoms with Crippen LogP contribution >= 0.6 is 0 Å². The normalized spacial score (nSPS) is 15.5. The molecule has 8 heteroatoms. The average Bonchev–Trinajstić information content (AvgIpc) is 2.55. The number of anilines is 1. The Hall–Kier alpha value is -1.90. The predicted octanol–water partition coefficient (Wildman–Crippen LogP) is 2.42. The quantitative estimate of drug-likeness (QED) is 0.863. The summed E-state index contributed by atoms with van der Waals surface area (Å²) in [6, 6.07) is 10.3. The maximum absolute atomic E-state index is 12.6. The van der Waals surface area contributed by atoms with E-state index < -0.39 is 20.0 Å². The van der Waals surface area contributed by atoms with E-state index in [1.54, 1.807) is 30.3 Å². The van der Waals surface area contributed by atoms with Crippen LogP contribution in [0.25, 0.3) is 0 Å². The van der Waals surface area contributed by atoms with Gasteiger partial charge in [0.05, 0.1) is 11.2 Å². The fourth-order valence-corrected chi connectivity index (χ4v) is 4.90. The number of hydrogen-bond donors (Lipinski definition) is 1. The highest BCUT2D eigenvalue weighted by atomic mass is 32.2. The van der Waals surface area contributed by atoms with Gasteiger partial charge in [0.2, 0.25) is 10.0 Å². The lowest BCUT2D eigenvalue weighted by molar-refractivity contribution is 0.395. The fourth-order valence-electron chi connectivity index (χ4n) is 2.97. The van der Waals surface area contributed by atoms with Crippen LogP contribution in [0.5, 0.6) is 0 Å². The number of fused-ring (bicyclic) bond motifs is 1. The summed E-state index contributed by atoms with van der Waals surface area (Å²) in [6.07, 6.45) is 1.80. The Morgan fingerprint density at radius 3 is 2.31 bits per heavy atom. The topological polar surface area (TPSA) is 83.6 Å². The largest absolute Gasteiger partial charge is 0.280 e. The van der Waals surface area contributed by atoms with E-state index in [9.17, 15) is 16.8 Å². The maximum Gasteiger partial charge on any atom is 0.261 e. The van der Waals surface area contributed by atoms with Gasteiger partial charge in [0.25, 0.3) is 10.0 Å². The second-order valence-electron chi connectivity index (χ2n) is 6.68. The van der Waals surface area contributed by atoms with Crippen molar-refractivity contribution in [3.05, 3.63) is 58.7 Å². The van der Waals surface area contributed by atoms with Gasteiger partial charge in [-0.15, -0.1) is 0 Å². The van der Waals surface area contributed by atoms with Crippen LogP contribution in [0.15, 0.2) is 41.3 Å². The molecule has 0 saturated heterocycles. The van der Waals surface area contributed by atoms with Crippen LogP contribution in [0.3, 0.4) is 0 Å². The third kappa shape index (κ3) is 3.92. The Bertz CT molecular complexity index is 1060. The molecule has 0 atom stereocenters. The summed E-state index contributed by atoms with van der Waals surface area (Å²) < 4.78 is 52.8. The summed E-state index contributed by atoms with van der Waals surface area (Å²) in [7, 11) is -6.98. The zero-order chi connectivity index (χ0) is 19.1. The highest BCUT2D eigenvalue weighted by Gasteiger charge is 2.24. The van der Waals surface area contributed by atoms with E-state index in [0.717, 1.165) is 22.3 Å². The first kappa shape index (κ1) is 18.9. The number of benzene rings is 2. The first-order valence-electron chi connectivity index (χ1n) is 8.23. The molecule has 0 unspecified atom stereocenters. The van der Waals surface area contributed by atoms with Crippen molar-refractivity contribution in [2.75, 3.05) is 17.5 Å². The number of sulfonamides is 2. The molecule has 0 aliphatic carbocycles. The van der Waals surface area contributed by atoms with Crippen LogP contribution in [0.4, 0.5) is 5.69 Å². The van der Waals surface area contributed by atoms with E-state index in [-0.39, 0.29) is 11.4 Å². The molecule has 0 radical (unpaired) electrons. The Morgan fingerprint density at radius 2 is 1.65 bits per heavy atom. The van der Waals surface area contributed by atoms with E-state index in [1.165, 1.54) is 10.6 Å². The van der Waals surface area contributed by atoms with Crippen molar-refractivity contribution in [2.24, 2.45) is 0 Å². The van der Waals surface area contributed by atoms with Crippen molar-refractivity contribution in [2.45, 2.75) is 31.7 Å².